The molecular weight excluding hydrogens is 362 g/mol. The molecule has 0 N–H and O–H groups in total. The molecule has 7 heteroatoms. The van der Waals surface area contributed by atoms with Gasteiger partial charge in [0, 0.05) is 11.5 Å². The predicted octanol–water partition coefficient (Wildman–Crippen LogP) is 3.57. The molecule has 1 aromatic heterocycles. The second kappa shape index (κ2) is 8.10. The zero-order valence-electron chi connectivity index (χ0n) is 15.1. The number of nitrogens with zero attached hydrogens (tertiary/aromatic N) is 1. The Labute approximate surface area is 160 Å². The van der Waals surface area contributed by atoms with Crippen LogP contribution in [0.25, 0.3) is 17.0 Å². The average Bonchev–Trinajstić information content (AvgIpc) is 2.71. The number of methoxy groups -OCH3 is 2. The molecule has 7 nitrogen and oxygen atoms in total. The maximum Gasteiger partial charge on any atom is 0.351 e. The zero-order chi connectivity index (χ0) is 20.1. The Hall–Kier alpha value is -4.05. The third-order valence-corrected chi connectivity index (χ3v) is 3.90. The number of esters is 1. The fourth-order valence-corrected chi connectivity index (χ4v) is 2.53. The van der Waals surface area contributed by atoms with Crippen molar-refractivity contribution in [1.82, 2.24) is 0 Å². The molecule has 3 rings (SSSR count). The van der Waals surface area contributed by atoms with E-state index in [9.17, 15) is 9.59 Å². The van der Waals surface area contributed by atoms with Gasteiger partial charge >= 0.3 is 11.6 Å². The Bertz CT molecular complexity index is 1170. The molecular formula is C21H15NO6. The molecule has 0 bridgehead atoms. The number of carbonyl (C=O) groups excluding carboxylic acids is 1. The van der Waals surface area contributed by atoms with Crippen molar-refractivity contribution in [3.63, 3.8) is 0 Å². The second-order valence-electron chi connectivity index (χ2n) is 5.61. The summed E-state index contributed by atoms with van der Waals surface area (Å²) >= 11 is 0. The molecule has 2 aromatic carbocycles. The van der Waals surface area contributed by atoms with Crippen LogP contribution >= 0.6 is 0 Å². The summed E-state index contributed by atoms with van der Waals surface area (Å²) in [5.41, 5.74) is -0.0458. The lowest BCUT2D eigenvalue weighted by Crippen LogP contribution is -2.19. The monoisotopic (exact) mass is 377 g/mol. The van der Waals surface area contributed by atoms with Crippen LogP contribution in [0.15, 0.2) is 57.8 Å². The highest BCUT2D eigenvalue weighted by Crippen LogP contribution is 2.29. The molecule has 0 amide bonds. The largest absolute Gasteiger partial charge is 0.497 e. The summed E-state index contributed by atoms with van der Waals surface area (Å²) in [6.07, 6.45) is 2.90. The van der Waals surface area contributed by atoms with Gasteiger partial charge < -0.3 is 18.6 Å². The summed E-state index contributed by atoms with van der Waals surface area (Å²) in [5.74, 6) is 0.0902. The van der Waals surface area contributed by atoms with E-state index < -0.39 is 11.6 Å². The first kappa shape index (κ1) is 18.7. The maximum atomic E-state index is 12.5. The Morgan fingerprint density at radius 3 is 2.61 bits per heavy atom. The van der Waals surface area contributed by atoms with Crippen LogP contribution in [0.5, 0.6) is 17.2 Å². The van der Waals surface area contributed by atoms with E-state index in [0.717, 1.165) is 0 Å². The van der Waals surface area contributed by atoms with Crippen LogP contribution in [0.4, 0.5) is 0 Å². The van der Waals surface area contributed by atoms with E-state index in [1.807, 2.05) is 6.07 Å². The van der Waals surface area contributed by atoms with Gasteiger partial charge in [0.2, 0.25) is 0 Å². The van der Waals surface area contributed by atoms with Gasteiger partial charge in [-0.15, -0.1) is 0 Å². The first-order chi connectivity index (χ1) is 13.5. The van der Waals surface area contributed by atoms with Gasteiger partial charge in [0.15, 0.2) is 11.5 Å². The van der Waals surface area contributed by atoms with Gasteiger partial charge in [-0.1, -0.05) is 6.07 Å². The number of allylic oxidation sites excluding steroid dienone is 1. The van der Waals surface area contributed by atoms with Crippen molar-refractivity contribution < 1.29 is 23.4 Å². The Balaban J connectivity index is 1.94. The van der Waals surface area contributed by atoms with Gasteiger partial charge in [-0.3, -0.25) is 0 Å². The van der Waals surface area contributed by atoms with Gasteiger partial charge in [-0.2, -0.15) is 5.26 Å². The number of rotatable bonds is 5. The van der Waals surface area contributed by atoms with Crippen molar-refractivity contribution in [3.05, 3.63) is 70.1 Å². The molecule has 0 aliphatic carbocycles. The Morgan fingerprint density at radius 2 is 1.89 bits per heavy atom. The van der Waals surface area contributed by atoms with E-state index in [1.165, 1.54) is 32.4 Å². The number of benzene rings is 2. The summed E-state index contributed by atoms with van der Waals surface area (Å²) in [7, 11) is 2.93. The number of fused-ring (bicyclic) bond motifs is 1. The fraction of sp³-hybridized carbons (Fsp3) is 0.0952. The molecule has 0 saturated carbocycles. The van der Waals surface area contributed by atoms with E-state index in [4.69, 9.17) is 23.9 Å². The number of carbonyl (C=O) groups is 1. The van der Waals surface area contributed by atoms with E-state index in [2.05, 4.69) is 0 Å². The third-order valence-electron chi connectivity index (χ3n) is 3.90. The molecule has 1 heterocycles. The molecule has 0 radical (unpaired) electrons. The summed E-state index contributed by atoms with van der Waals surface area (Å²) in [6.45, 7) is 0. The number of nitriles is 1. The summed E-state index contributed by atoms with van der Waals surface area (Å²) in [5, 5.41) is 9.13. The smallest absolute Gasteiger partial charge is 0.351 e. The van der Waals surface area contributed by atoms with Crippen LogP contribution in [0.1, 0.15) is 15.9 Å². The molecule has 0 atom stereocenters. The van der Waals surface area contributed by atoms with Crippen LogP contribution in [0, 0.1) is 11.3 Å². The molecule has 3 aromatic rings. The topological polar surface area (TPSA) is 98.8 Å². The van der Waals surface area contributed by atoms with Crippen LogP contribution in [0.2, 0.25) is 0 Å². The lowest BCUT2D eigenvalue weighted by Gasteiger charge is -2.10. The molecule has 0 fully saturated rings. The quantitative estimate of drug-likeness (QED) is 0.290. The van der Waals surface area contributed by atoms with Crippen LogP contribution in [-0.2, 0) is 0 Å². The summed E-state index contributed by atoms with van der Waals surface area (Å²) < 4.78 is 20.9. The highest BCUT2D eigenvalue weighted by molar-refractivity contribution is 5.94. The summed E-state index contributed by atoms with van der Waals surface area (Å²) in [4.78, 5) is 24.7. The third kappa shape index (κ3) is 3.86. The molecule has 0 unspecified atom stereocenters. The highest BCUT2D eigenvalue weighted by atomic mass is 16.6. The van der Waals surface area contributed by atoms with Crippen LogP contribution in [-0.4, -0.2) is 20.2 Å². The zero-order valence-corrected chi connectivity index (χ0v) is 15.1. The molecule has 0 spiro atoms. The Morgan fingerprint density at radius 1 is 1.07 bits per heavy atom. The van der Waals surface area contributed by atoms with Gasteiger partial charge in [-0.05, 0) is 48.0 Å². The molecule has 0 aliphatic heterocycles. The van der Waals surface area contributed by atoms with Gasteiger partial charge in [0.05, 0.1) is 20.3 Å². The van der Waals surface area contributed by atoms with Gasteiger partial charge in [0.25, 0.3) is 0 Å². The average molecular weight is 377 g/mol. The van der Waals surface area contributed by atoms with E-state index >= 15 is 0 Å². The van der Waals surface area contributed by atoms with E-state index in [-0.39, 0.29) is 17.1 Å². The van der Waals surface area contributed by atoms with Gasteiger partial charge in [-0.25, -0.2) is 9.59 Å². The van der Waals surface area contributed by atoms with E-state index in [0.29, 0.717) is 22.3 Å². The SMILES string of the molecule is COc1ccc2oc(=O)c(C(=O)Oc3ccc(/C=C\C#N)cc3OC)cc2c1. The number of hydrogen-bond donors (Lipinski definition) is 0. The van der Waals surface area contributed by atoms with Crippen LogP contribution in [0.3, 0.4) is 0 Å². The molecule has 28 heavy (non-hydrogen) atoms. The first-order valence-electron chi connectivity index (χ1n) is 8.14. The predicted molar refractivity (Wildman–Crippen MR) is 102 cm³/mol. The van der Waals surface area contributed by atoms with Gasteiger partial charge in [0.1, 0.15) is 16.9 Å². The minimum Gasteiger partial charge on any atom is -0.497 e. The van der Waals surface area contributed by atoms with Crippen molar-refractivity contribution in [1.29, 1.82) is 5.26 Å². The summed E-state index contributed by atoms with van der Waals surface area (Å²) in [6, 6.07) is 12.9. The van der Waals surface area contributed by atoms with E-state index in [1.54, 1.807) is 36.4 Å². The maximum absolute atomic E-state index is 12.5. The highest BCUT2D eigenvalue weighted by Gasteiger charge is 2.18. The van der Waals surface area contributed by atoms with Crippen LogP contribution < -0.4 is 19.8 Å². The first-order valence-corrected chi connectivity index (χ1v) is 8.14. The lowest BCUT2D eigenvalue weighted by atomic mass is 10.1. The lowest BCUT2D eigenvalue weighted by molar-refractivity contribution is 0.0725. The fourth-order valence-electron chi connectivity index (χ4n) is 2.53. The minimum atomic E-state index is -0.878. The van der Waals surface area contributed by atoms with Crippen molar-refractivity contribution in [2.24, 2.45) is 0 Å². The molecule has 0 aliphatic rings. The molecule has 0 saturated heterocycles. The number of hydrogen-bond acceptors (Lipinski definition) is 7. The second-order valence-corrected chi connectivity index (χ2v) is 5.61. The van der Waals surface area contributed by atoms with Crippen molar-refractivity contribution in [2.75, 3.05) is 14.2 Å². The normalized spacial score (nSPS) is 10.6. The van der Waals surface area contributed by atoms with Crippen molar-refractivity contribution >= 4 is 23.0 Å². The Kier molecular flexibility index (Phi) is 5.42. The number of ether oxygens (including phenoxy) is 3. The standard InChI is InChI=1S/C21H15NO6/c1-25-15-6-8-17-14(11-15)12-16(20(23)27-17)21(24)28-18-7-5-13(4-3-9-22)10-19(18)26-2/h3-8,10-12H,1-2H3/b4-3-. The van der Waals surface area contributed by atoms with Crippen molar-refractivity contribution in [3.8, 4) is 23.3 Å². The molecule has 140 valence electrons. The minimum absolute atomic E-state index is 0.131. The van der Waals surface area contributed by atoms with Crippen molar-refractivity contribution in [2.45, 2.75) is 0 Å².